The van der Waals surface area contributed by atoms with Crippen LogP contribution in [0.2, 0.25) is 0 Å². The molecule has 0 spiro atoms. The van der Waals surface area contributed by atoms with Gasteiger partial charge in [0.1, 0.15) is 11.5 Å². The number of ether oxygens (including phenoxy) is 2. The molecular weight excluding hydrogens is 264 g/mol. The fourth-order valence-electron chi connectivity index (χ4n) is 1.84. The Hall–Kier alpha value is -2.29. The van der Waals surface area contributed by atoms with Crippen molar-refractivity contribution in [2.75, 3.05) is 6.61 Å². The van der Waals surface area contributed by atoms with Gasteiger partial charge in [0, 0.05) is 0 Å². The lowest BCUT2D eigenvalue weighted by molar-refractivity contribution is -0.136. The predicted octanol–water partition coefficient (Wildman–Crippen LogP) is 3.97. The Morgan fingerprint density at radius 3 is 2.10 bits per heavy atom. The average Bonchev–Trinajstić information content (AvgIpc) is 2.46. The van der Waals surface area contributed by atoms with E-state index in [1.54, 1.807) is 24.3 Å². The molecule has 110 valence electrons. The van der Waals surface area contributed by atoms with Crippen molar-refractivity contribution in [1.82, 2.24) is 0 Å². The van der Waals surface area contributed by atoms with Gasteiger partial charge in [0.15, 0.2) is 6.61 Å². The lowest BCUT2D eigenvalue weighted by atomic mass is 9.87. The molecule has 0 radical (unpaired) electrons. The van der Waals surface area contributed by atoms with Gasteiger partial charge in [-0.15, -0.1) is 0 Å². The van der Waals surface area contributed by atoms with E-state index in [0.29, 0.717) is 11.5 Å². The first-order valence-electron chi connectivity index (χ1n) is 6.94. The summed E-state index contributed by atoms with van der Waals surface area (Å²) in [5, 5.41) is 0. The van der Waals surface area contributed by atoms with Gasteiger partial charge in [0.2, 0.25) is 0 Å². The first kappa shape index (κ1) is 15.1. The summed E-state index contributed by atoms with van der Waals surface area (Å²) in [6.45, 7) is 6.32. The third-order valence-corrected chi connectivity index (χ3v) is 3.05. The summed E-state index contributed by atoms with van der Waals surface area (Å²) in [7, 11) is 0. The molecule has 0 fully saturated rings. The van der Waals surface area contributed by atoms with Gasteiger partial charge in [-0.25, -0.2) is 4.79 Å². The minimum atomic E-state index is -0.414. The number of carbonyl (C=O) groups is 1. The van der Waals surface area contributed by atoms with Crippen LogP contribution in [-0.2, 0) is 10.2 Å². The first-order chi connectivity index (χ1) is 9.95. The summed E-state index contributed by atoms with van der Waals surface area (Å²) in [5.74, 6) is 0.768. The lowest BCUT2D eigenvalue weighted by Crippen LogP contribution is -2.18. The molecule has 0 amide bonds. The van der Waals surface area contributed by atoms with Crippen LogP contribution >= 0.6 is 0 Å². The topological polar surface area (TPSA) is 35.5 Å². The molecule has 3 nitrogen and oxygen atoms in total. The highest BCUT2D eigenvalue weighted by Crippen LogP contribution is 2.24. The number of esters is 1. The maximum Gasteiger partial charge on any atom is 0.349 e. The molecule has 2 aromatic rings. The summed E-state index contributed by atoms with van der Waals surface area (Å²) in [6, 6.07) is 16.7. The van der Waals surface area contributed by atoms with Gasteiger partial charge >= 0.3 is 5.97 Å². The summed E-state index contributed by atoms with van der Waals surface area (Å²) in [4.78, 5) is 11.7. The number of benzene rings is 2. The lowest BCUT2D eigenvalue weighted by Gasteiger charge is -2.19. The molecule has 0 aliphatic heterocycles. The summed E-state index contributed by atoms with van der Waals surface area (Å²) in [6.07, 6.45) is 0. The zero-order chi connectivity index (χ0) is 15.3. The van der Waals surface area contributed by atoms with Crippen LogP contribution in [-0.4, -0.2) is 12.6 Å². The molecule has 0 atom stereocenters. The van der Waals surface area contributed by atoms with Crippen molar-refractivity contribution in [3.8, 4) is 11.5 Å². The zero-order valence-electron chi connectivity index (χ0n) is 12.6. The van der Waals surface area contributed by atoms with Crippen LogP contribution < -0.4 is 9.47 Å². The van der Waals surface area contributed by atoms with E-state index >= 15 is 0 Å². The van der Waals surface area contributed by atoms with Crippen molar-refractivity contribution < 1.29 is 14.3 Å². The smallest absolute Gasteiger partial charge is 0.349 e. The molecule has 21 heavy (non-hydrogen) atoms. The molecule has 0 heterocycles. The van der Waals surface area contributed by atoms with Gasteiger partial charge in [-0.2, -0.15) is 0 Å². The molecule has 0 saturated heterocycles. The first-order valence-corrected chi connectivity index (χ1v) is 6.94. The molecule has 0 N–H and O–H groups in total. The van der Waals surface area contributed by atoms with E-state index < -0.39 is 5.97 Å². The highest BCUT2D eigenvalue weighted by molar-refractivity contribution is 5.73. The third-order valence-electron chi connectivity index (χ3n) is 3.05. The van der Waals surface area contributed by atoms with Crippen LogP contribution in [0.3, 0.4) is 0 Å². The second-order valence-electron chi connectivity index (χ2n) is 5.85. The van der Waals surface area contributed by atoms with Crippen LogP contribution in [0.1, 0.15) is 26.3 Å². The SMILES string of the molecule is CC(C)(C)c1ccc(OC(=O)COc2ccccc2)cc1. The van der Waals surface area contributed by atoms with Crippen molar-refractivity contribution in [2.45, 2.75) is 26.2 Å². The molecule has 0 unspecified atom stereocenters. The quantitative estimate of drug-likeness (QED) is 0.629. The molecular formula is C18H20O3. The zero-order valence-corrected chi connectivity index (χ0v) is 12.6. The number of rotatable bonds is 4. The second-order valence-corrected chi connectivity index (χ2v) is 5.85. The molecule has 3 heteroatoms. The minimum absolute atomic E-state index is 0.0823. The predicted molar refractivity (Wildman–Crippen MR) is 82.7 cm³/mol. The molecule has 2 aromatic carbocycles. The van der Waals surface area contributed by atoms with E-state index in [1.165, 1.54) is 5.56 Å². The van der Waals surface area contributed by atoms with E-state index in [1.807, 2.05) is 30.3 Å². The largest absolute Gasteiger partial charge is 0.482 e. The Labute approximate surface area is 125 Å². The second kappa shape index (κ2) is 6.44. The van der Waals surface area contributed by atoms with Crippen molar-refractivity contribution >= 4 is 5.97 Å². The normalized spacial score (nSPS) is 11.0. The van der Waals surface area contributed by atoms with E-state index in [2.05, 4.69) is 20.8 Å². The Morgan fingerprint density at radius 1 is 0.905 bits per heavy atom. The maximum atomic E-state index is 11.7. The van der Waals surface area contributed by atoms with Gasteiger partial charge < -0.3 is 9.47 Å². The van der Waals surface area contributed by atoms with Gasteiger partial charge in [0.05, 0.1) is 0 Å². The summed E-state index contributed by atoms with van der Waals surface area (Å²) >= 11 is 0. The highest BCUT2D eigenvalue weighted by atomic mass is 16.6. The fourth-order valence-corrected chi connectivity index (χ4v) is 1.84. The summed E-state index contributed by atoms with van der Waals surface area (Å²) in [5.41, 5.74) is 1.28. The van der Waals surface area contributed by atoms with E-state index in [4.69, 9.17) is 9.47 Å². The van der Waals surface area contributed by atoms with E-state index in [-0.39, 0.29) is 12.0 Å². The average molecular weight is 284 g/mol. The Kier molecular flexibility index (Phi) is 4.63. The van der Waals surface area contributed by atoms with Crippen molar-refractivity contribution in [3.63, 3.8) is 0 Å². The van der Waals surface area contributed by atoms with E-state index in [0.717, 1.165) is 0 Å². The Bertz CT molecular complexity index is 580. The van der Waals surface area contributed by atoms with Crippen LogP contribution in [0.5, 0.6) is 11.5 Å². The number of para-hydroxylation sites is 1. The molecule has 0 bridgehead atoms. The van der Waals surface area contributed by atoms with Crippen LogP contribution in [0.4, 0.5) is 0 Å². The van der Waals surface area contributed by atoms with Crippen molar-refractivity contribution in [2.24, 2.45) is 0 Å². The molecule has 0 aromatic heterocycles. The molecule has 2 rings (SSSR count). The van der Waals surface area contributed by atoms with Gasteiger partial charge in [0.25, 0.3) is 0 Å². The van der Waals surface area contributed by atoms with Crippen LogP contribution in [0.25, 0.3) is 0 Å². The maximum absolute atomic E-state index is 11.7. The molecule has 0 aliphatic rings. The molecule has 0 saturated carbocycles. The highest BCUT2D eigenvalue weighted by Gasteiger charge is 2.13. The number of carbonyl (C=O) groups excluding carboxylic acids is 1. The van der Waals surface area contributed by atoms with Crippen molar-refractivity contribution in [1.29, 1.82) is 0 Å². The minimum Gasteiger partial charge on any atom is -0.482 e. The van der Waals surface area contributed by atoms with Crippen LogP contribution in [0, 0.1) is 0 Å². The number of hydrogen-bond acceptors (Lipinski definition) is 3. The Balaban J connectivity index is 1.88. The third kappa shape index (κ3) is 4.63. The van der Waals surface area contributed by atoms with Gasteiger partial charge in [-0.1, -0.05) is 51.1 Å². The molecule has 0 aliphatic carbocycles. The van der Waals surface area contributed by atoms with Gasteiger partial charge in [-0.05, 0) is 35.2 Å². The summed E-state index contributed by atoms with van der Waals surface area (Å²) < 4.78 is 10.6. The fraction of sp³-hybridized carbons (Fsp3) is 0.278. The monoisotopic (exact) mass is 284 g/mol. The van der Waals surface area contributed by atoms with Gasteiger partial charge in [-0.3, -0.25) is 0 Å². The van der Waals surface area contributed by atoms with E-state index in [9.17, 15) is 4.79 Å². The van der Waals surface area contributed by atoms with Crippen LogP contribution in [0.15, 0.2) is 54.6 Å². The van der Waals surface area contributed by atoms with Crippen molar-refractivity contribution in [3.05, 3.63) is 60.2 Å². The standard InChI is InChI=1S/C18H20O3/c1-18(2,3)14-9-11-16(12-10-14)21-17(19)13-20-15-7-5-4-6-8-15/h4-12H,13H2,1-3H3. The Morgan fingerprint density at radius 2 is 1.52 bits per heavy atom. The number of hydrogen-bond donors (Lipinski definition) is 0.